The highest BCUT2D eigenvalue weighted by Crippen LogP contribution is 2.22. The molecule has 0 aliphatic heterocycles. The summed E-state index contributed by atoms with van der Waals surface area (Å²) in [7, 11) is 0. The number of nitrogens with one attached hydrogen (secondary N) is 1. The number of amides is 1. The zero-order chi connectivity index (χ0) is 15.4. The highest BCUT2D eigenvalue weighted by atomic mass is 35.5. The molecule has 1 aromatic carbocycles. The van der Waals surface area contributed by atoms with Crippen LogP contribution in [-0.4, -0.2) is 34.7 Å². The Balaban J connectivity index is 2.30. The van der Waals surface area contributed by atoms with Crippen LogP contribution in [-0.2, 0) is 4.79 Å². The second-order valence-corrected chi connectivity index (χ2v) is 5.45. The quantitative estimate of drug-likeness (QED) is 0.654. The van der Waals surface area contributed by atoms with Crippen LogP contribution >= 0.6 is 11.6 Å². The zero-order valence-corrected chi connectivity index (χ0v) is 13.0. The number of carbonyl (C=O) groups is 2. The van der Waals surface area contributed by atoms with Gasteiger partial charge < -0.3 is 9.88 Å². The Morgan fingerprint density at radius 3 is 2.48 bits per heavy atom. The first-order chi connectivity index (χ1) is 10.1. The molecule has 1 amide bonds. The SMILES string of the molecule is CCCN(CCC)C(=O)C(=O)c1c[nH]c2cc(Cl)ccc12. The summed E-state index contributed by atoms with van der Waals surface area (Å²) in [5.41, 5.74) is 1.17. The maximum Gasteiger partial charge on any atom is 0.295 e. The van der Waals surface area contributed by atoms with Crippen LogP contribution in [0, 0.1) is 0 Å². The van der Waals surface area contributed by atoms with Gasteiger partial charge in [-0.25, -0.2) is 0 Å². The summed E-state index contributed by atoms with van der Waals surface area (Å²) >= 11 is 5.92. The predicted molar refractivity (Wildman–Crippen MR) is 84.8 cm³/mol. The summed E-state index contributed by atoms with van der Waals surface area (Å²) < 4.78 is 0. The van der Waals surface area contributed by atoms with E-state index in [-0.39, 0.29) is 0 Å². The predicted octanol–water partition coefficient (Wildman–Crippen LogP) is 3.65. The van der Waals surface area contributed by atoms with Gasteiger partial charge >= 0.3 is 0 Å². The van der Waals surface area contributed by atoms with Crippen LogP contribution in [0.2, 0.25) is 5.02 Å². The van der Waals surface area contributed by atoms with Crippen LogP contribution in [0.4, 0.5) is 0 Å². The van der Waals surface area contributed by atoms with E-state index in [2.05, 4.69) is 4.98 Å². The minimum Gasteiger partial charge on any atom is -0.360 e. The molecule has 0 saturated heterocycles. The third-order valence-corrected chi connectivity index (χ3v) is 3.59. The van der Waals surface area contributed by atoms with Gasteiger partial charge in [0.15, 0.2) is 0 Å². The number of hydrogen-bond donors (Lipinski definition) is 1. The minimum atomic E-state index is -0.467. The molecule has 2 aromatic rings. The molecule has 0 radical (unpaired) electrons. The summed E-state index contributed by atoms with van der Waals surface area (Å²) in [5.74, 6) is -0.903. The fourth-order valence-corrected chi connectivity index (χ4v) is 2.57. The number of carbonyl (C=O) groups excluding carboxylic acids is 2. The summed E-state index contributed by atoms with van der Waals surface area (Å²) in [6, 6.07) is 5.22. The van der Waals surface area contributed by atoms with Gasteiger partial charge in [-0.05, 0) is 25.0 Å². The van der Waals surface area contributed by atoms with E-state index < -0.39 is 11.7 Å². The van der Waals surface area contributed by atoms with Crippen LogP contribution in [0.1, 0.15) is 37.0 Å². The third kappa shape index (κ3) is 3.27. The summed E-state index contributed by atoms with van der Waals surface area (Å²) in [5, 5.41) is 1.32. The summed E-state index contributed by atoms with van der Waals surface area (Å²) in [6.45, 7) is 5.20. The molecule has 1 N–H and O–H groups in total. The van der Waals surface area contributed by atoms with Crippen molar-refractivity contribution >= 4 is 34.2 Å². The average Bonchev–Trinajstić information content (AvgIpc) is 2.88. The molecule has 0 aliphatic carbocycles. The number of ketones is 1. The number of aromatic nitrogens is 1. The Morgan fingerprint density at radius 1 is 1.19 bits per heavy atom. The van der Waals surface area contributed by atoms with Crippen molar-refractivity contribution in [1.82, 2.24) is 9.88 Å². The molecule has 0 unspecified atom stereocenters. The lowest BCUT2D eigenvalue weighted by Gasteiger charge is -2.20. The largest absolute Gasteiger partial charge is 0.360 e. The highest BCUT2D eigenvalue weighted by Gasteiger charge is 2.24. The van der Waals surface area contributed by atoms with E-state index in [0.717, 1.165) is 23.7 Å². The molecule has 0 bridgehead atoms. The van der Waals surface area contributed by atoms with Gasteiger partial charge in [0.05, 0.1) is 5.56 Å². The molecular weight excluding hydrogens is 288 g/mol. The van der Waals surface area contributed by atoms with Crippen LogP contribution in [0.3, 0.4) is 0 Å². The number of halogens is 1. The standard InChI is InChI=1S/C16H19ClN2O2/c1-3-7-19(8-4-2)16(21)15(20)13-10-18-14-9-11(17)5-6-12(13)14/h5-6,9-10,18H,3-4,7-8H2,1-2H3. The van der Waals surface area contributed by atoms with Crippen LogP contribution < -0.4 is 0 Å². The summed E-state index contributed by atoms with van der Waals surface area (Å²) in [4.78, 5) is 29.4. The van der Waals surface area contributed by atoms with Crippen LogP contribution in [0.15, 0.2) is 24.4 Å². The second-order valence-electron chi connectivity index (χ2n) is 5.01. The number of benzene rings is 1. The van der Waals surface area contributed by atoms with Crippen molar-refractivity contribution in [2.45, 2.75) is 26.7 Å². The van der Waals surface area contributed by atoms with Crippen LogP contribution in [0.25, 0.3) is 10.9 Å². The summed E-state index contributed by atoms with van der Waals surface area (Å²) in [6.07, 6.45) is 3.25. The number of hydrogen-bond acceptors (Lipinski definition) is 2. The number of nitrogens with zero attached hydrogens (tertiary/aromatic N) is 1. The van der Waals surface area contributed by atoms with E-state index in [1.54, 1.807) is 29.3 Å². The Hall–Kier alpha value is -1.81. The van der Waals surface area contributed by atoms with E-state index in [9.17, 15) is 9.59 Å². The number of Topliss-reactive ketones (excluding diaryl/α,β-unsaturated/α-hetero) is 1. The lowest BCUT2D eigenvalue weighted by atomic mass is 10.1. The lowest BCUT2D eigenvalue weighted by molar-refractivity contribution is -0.126. The first kappa shape index (κ1) is 15.6. The van der Waals surface area contributed by atoms with Crippen molar-refractivity contribution < 1.29 is 9.59 Å². The molecule has 2 rings (SSSR count). The topological polar surface area (TPSA) is 53.2 Å². The molecule has 0 fully saturated rings. The number of aromatic amines is 1. The van der Waals surface area contributed by atoms with Gasteiger partial charge in [0.25, 0.3) is 11.7 Å². The van der Waals surface area contributed by atoms with Crippen LogP contribution in [0.5, 0.6) is 0 Å². The molecule has 112 valence electrons. The van der Waals surface area contributed by atoms with Gasteiger partial charge in [-0.15, -0.1) is 0 Å². The maximum atomic E-state index is 12.5. The molecule has 0 saturated carbocycles. The molecule has 1 aromatic heterocycles. The first-order valence-corrected chi connectivity index (χ1v) is 7.56. The molecule has 4 nitrogen and oxygen atoms in total. The molecule has 5 heteroatoms. The van der Waals surface area contributed by atoms with Crippen molar-refractivity contribution in [3.8, 4) is 0 Å². The zero-order valence-electron chi connectivity index (χ0n) is 12.3. The maximum absolute atomic E-state index is 12.5. The normalized spacial score (nSPS) is 10.8. The Bertz CT molecular complexity index is 657. The van der Waals surface area contributed by atoms with E-state index in [0.29, 0.717) is 23.7 Å². The van der Waals surface area contributed by atoms with Gasteiger partial charge in [-0.1, -0.05) is 31.5 Å². The highest BCUT2D eigenvalue weighted by molar-refractivity contribution is 6.45. The van der Waals surface area contributed by atoms with Gasteiger partial charge in [0, 0.05) is 35.2 Å². The van der Waals surface area contributed by atoms with E-state index in [1.807, 2.05) is 13.8 Å². The fourth-order valence-electron chi connectivity index (χ4n) is 2.40. The second kappa shape index (κ2) is 6.76. The number of H-pyrrole nitrogens is 1. The van der Waals surface area contributed by atoms with E-state index in [4.69, 9.17) is 11.6 Å². The smallest absolute Gasteiger partial charge is 0.295 e. The monoisotopic (exact) mass is 306 g/mol. The van der Waals surface area contributed by atoms with Gasteiger partial charge in [0.1, 0.15) is 0 Å². The first-order valence-electron chi connectivity index (χ1n) is 7.18. The van der Waals surface area contributed by atoms with Crippen molar-refractivity contribution in [2.75, 3.05) is 13.1 Å². The van der Waals surface area contributed by atoms with Crippen molar-refractivity contribution in [1.29, 1.82) is 0 Å². The van der Waals surface area contributed by atoms with Crippen molar-refractivity contribution in [2.24, 2.45) is 0 Å². The minimum absolute atomic E-state index is 0.406. The van der Waals surface area contributed by atoms with Crippen molar-refractivity contribution in [3.63, 3.8) is 0 Å². The van der Waals surface area contributed by atoms with E-state index >= 15 is 0 Å². The van der Waals surface area contributed by atoms with E-state index in [1.165, 1.54) is 0 Å². The van der Waals surface area contributed by atoms with Crippen molar-refractivity contribution in [3.05, 3.63) is 35.0 Å². The Morgan fingerprint density at radius 2 is 1.86 bits per heavy atom. The lowest BCUT2D eigenvalue weighted by Crippen LogP contribution is -2.37. The fraction of sp³-hybridized carbons (Fsp3) is 0.375. The molecule has 0 spiro atoms. The van der Waals surface area contributed by atoms with Gasteiger partial charge in [-0.3, -0.25) is 9.59 Å². The Labute approximate surface area is 129 Å². The molecule has 1 heterocycles. The third-order valence-electron chi connectivity index (χ3n) is 3.36. The molecule has 0 atom stereocenters. The molecular formula is C16H19ClN2O2. The van der Waals surface area contributed by atoms with Gasteiger partial charge in [-0.2, -0.15) is 0 Å². The molecule has 0 aliphatic rings. The van der Waals surface area contributed by atoms with Gasteiger partial charge in [0.2, 0.25) is 0 Å². The Kier molecular flexibility index (Phi) is 5.02. The molecule has 21 heavy (non-hydrogen) atoms. The number of fused-ring (bicyclic) bond motifs is 1. The number of rotatable bonds is 6. The average molecular weight is 307 g/mol.